The molecule has 8 heteroatoms. The second-order valence-electron chi connectivity index (χ2n) is 7.86. The number of pyridine rings is 1. The van der Waals surface area contributed by atoms with E-state index in [1.807, 2.05) is 12.1 Å². The molecule has 0 bridgehead atoms. The number of aromatic nitrogens is 1. The lowest BCUT2D eigenvalue weighted by atomic mass is 9.95. The molecule has 0 fully saturated rings. The molecule has 4 aromatic rings. The summed E-state index contributed by atoms with van der Waals surface area (Å²) in [6.07, 6.45) is 1.67. The summed E-state index contributed by atoms with van der Waals surface area (Å²) in [5.41, 5.74) is 2.35. The normalized spacial score (nSPS) is 11.5. The van der Waals surface area contributed by atoms with Crippen molar-refractivity contribution < 1.29 is 17.5 Å². The number of halogens is 1. The Labute approximate surface area is 197 Å². The van der Waals surface area contributed by atoms with Crippen LogP contribution in [0.1, 0.15) is 11.1 Å². The van der Waals surface area contributed by atoms with E-state index in [1.54, 1.807) is 62.6 Å². The Bertz CT molecular complexity index is 1580. The van der Waals surface area contributed by atoms with Crippen molar-refractivity contribution in [2.24, 2.45) is 7.05 Å². The van der Waals surface area contributed by atoms with Gasteiger partial charge in [-0.3, -0.25) is 4.79 Å². The summed E-state index contributed by atoms with van der Waals surface area (Å²) in [6, 6.07) is 16.9. The number of ether oxygens (including phenoxy) is 1. The Hall–Kier alpha value is -3.75. The van der Waals surface area contributed by atoms with Crippen molar-refractivity contribution in [3.63, 3.8) is 0 Å². The first kappa shape index (κ1) is 23.4. The summed E-state index contributed by atoms with van der Waals surface area (Å²) in [7, 11) is -2.06. The lowest BCUT2D eigenvalue weighted by Gasteiger charge is -2.18. The van der Waals surface area contributed by atoms with Gasteiger partial charge in [0, 0.05) is 41.7 Å². The van der Waals surface area contributed by atoms with Crippen molar-refractivity contribution in [3.8, 4) is 22.6 Å². The number of nitrogens with zero attached hydrogens (tertiary/aromatic N) is 1. The van der Waals surface area contributed by atoms with E-state index in [4.69, 9.17) is 4.74 Å². The fourth-order valence-electron chi connectivity index (χ4n) is 3.77. The van der Waals surface area contributed by atoms with Gasteiger partial charge in [0.05, 0.1) is 0 Å². The zero-order chi connectivity index (χ0) is 24.5. The Morgan fingerprint density at radius 1 is 1.06 bits per heavy atom. The van der Waals surface area contributed by atoms with E-state index < -0.39 is 15.8 Å². The Balaban J connectivity index is 1.97. The van der Waals surface area contributed by atoms with Gasteiger partial charge in [-0.2, -0.15) is 0 Å². The van der Waals surface area contributed by atoms with Crippen molar-refractivity contribution in [1.29, 1.82) is 0 Å². The number of sulfonamides is 1. The van der Waals surface area contributed by atoms with Crippen LogP contribution in [0.25, 0.3) is 21.9 Å². The first-order valence-corrected chi connectivity index (χ1v) is 12.0. The summed E-state index contributed by atoms with van der Waals surface area (Å²) in [4.78, 5) is 12.7. The highest BCUT2D eigenvalue weighted by Crippen LogP contribution is 2.39. The summed E-state index contributed by atoms with van der Waals surface area (Å²) in [6.45, 7) is 5.04. The zero-order valence-electron chi connectivity index (χ0n) is 18.7. The molecule has 1 N–H and O–H groups in total. The fraction of sp³-hybridized carbons (Fsp3) is 0.115. The van der Waals surface area contributed by atoms with Crippen LogP contribution in [0, 0.1) is 12.7 Å². The highest BCUT2D eigenvalue weighted by atomic mass is 32.2. The van der Waals surface area contributed by atoms with Crippen molar-refractivity contribution >= 4 is 20.8 Å². The molecule has 0 spiro atoms. The second-order valence-corrected chi connectivity index (χ2v) is 9.58. The van der Waals surface area contributed by atoms with Crippen LogP contribution >= 0.6 is 0 Å². The van der Waals surface area contributed by atoms with E-state index in [1.165, 1.54) is 10.6 Å². The maximum absolute atomic E-state index is 14.6. The minimum Gasteiger partial charge on any atom is -0.454 e. The number of hydrogen-bond donors (Lipinski definition) is 1. The van der Waals surface area contributed by atoms with Gasteiger partial charge in [0.1, 0.15) is 5.75 Å². The maximum Gasteiger partial charge on any atom is 0.258 e. The molecule has 0 unspecified atom stereocenters. The van der Waals surface area contributed by atoms with Crippen LogP contribution < -0.4 is 15.0 Å². The molecule has 0 saturated carbocycles. The molecule has 0 aliphatic rings. The van der Waals surface area contributed by atoms with Crippen LogP contribution in [0.5, 0.6) is 11.5 Å². The molecule has 174 valence electrons. The van der Waals surface area contributed by atoms with Gasteiger partial charge in [-0.05, 0) is 47.7 Å². The highest BCUT2D eigenvalue weighted by Gasteiger charge is 2.19. The molecule has 0 aliphatic carbocycles. The number of fused-ring (bicyclic) bond motifs is 1. The lowest BCUT2D eigenvalue weighted by Crippen LogP contribution is -2.21. The number of hydrogen-bond acceptors (Lipinski definition) is 4. The molecule has 1 heterocycles. The first-order valence-electron chi connectivity index (χ1n) is 10.5. The van der Waals surface area contributed by atoms with Crippen LogP contribution in [0.4, 0.5) is 4.39 Å². The Morgan fingerprint density at radius 2 is 1.79 bits per heavy atom. The van der Waals surface area contributed by atoms with Crippen molar-refractivity contribution in [2.75, 3.05) is 0 Å². The summed E-state index contributed by atoms with van der Waals surface area (Å²) >= 11 is 0. The van der Waals surface area contributed by atoms with Gasteiger partial charge < -0.3 is 9.30 Å². The molecular formula is C26H23FN2O4S. The summed E-state index contributed by atoms with van der Waals surface area (Å²) < 4.78 is 48.6. The van der Waals surface area contributed by atoms with Gasteiger partial charge >= 0.3 is 0 Å². The van der Waals surface area contributed by atoms with Crippen molar-refractivity contribution in [1.82, 2.24) is 9.29 Å². The average molecular weight is 479 g/mol. The van der Waals surface area contributed by atoms with E-state index in [-0.39, 0.29) is 17.9 Å². The predicted octanol–water partition coefficient (Wildman–Crippen LogP) is 5.01. The van der Waals surface area contributed by atoms with Crippen LogP contribution in [0.15, 0.2) is 83.6 Å². The third-order valence-corrected chi connectivity index (χ3v) is 6.45. The third-order valence-electron chi connectivity index (χ3n) is 5.46. The van der Waals surface area contributed by atoms with E-state index in [2.05, 4.69) is 11.3 Å². The standard InChI is InChI=1S/C26H23FN2O4S/c1-4-34(31,32)28-15-18-8-7-11-24(33-23-13-12-17(2)14-22(23)27)25(18)21-16-29(3)26(30)20-10-6-5-9-19(20)21/h4-14,16,28H,1,15H2,2-3H3. The molecule has 0 aliphatic heterocycles. The quantitative estimate of drug-likeness (QED) is 0.405. The van der Waals surface area contributed by atoms with E-state index in [0.717, 1.165) is 11.0 Å². The lowest BCUT2D eigenvalue weighted by molar-refractivity contribution is 0.443. The number of nitrogens with one attached hydrogen (secondary N) is 1. The Kier molecular flexibility index (Phi) is 6.37. The molecule has 3 aromatic carbocycles. The molecule has 6 nitrogen and oxygen atoms in total. The number of benzene rings is 3. The van der Waals surface area contributed by atoms with Crippen LogP contribution in [0.2, 0.25) is 0 Å². The van der Waals surface area contributed by atoms with Gasteiger partial charge in [-0.15, -0.1) is 0 Å². The molecule has 0 atom stereocenters. The highest BCUT2D eigenvalue weighted by molar-refractivity contribution is 7.92. The maximum atomic E-state index is 14.6. The number of aryl methyl sites for hydroxylation is 2. The van der Waals surface area contributed by atoms with Crippen molar-refractivity contribution in [3.05, 3.63) is 106 Å². The SMILES string of the molecule is C=CS(=O)(=O)NCc1cccc(Oc2ccc(C)cc2F)c1-c1cn(C)c(=O)c2ccccc12. The van der Waals surface area contributed by atoms with Gasteiger partial charge in [-0.1, -0.05) is 43.0 Å². The third kappa shape index (κ3) is 4.64. The molecule has 1 aromatic heterocycles. The fourth-order valence-corrected chi connectivity index (χ4v) is 4.25. The molecule has 0 saturated heterocycles. The van der Waals surface area contributed by atoms with Crippen LogP contribution in [-0.4, -0.2) is 13.0 Å². The van der Waals surface area contributed by atoms with E-state index in [0.29, 0.717) is 33.2 Å². The minimum atomic E-state index is -3.70. The van der Waals surface area contributed by atoms with Gasteiger partial charge in [0.15, 0.2) is 11.6 Å². The molecule has 0 amide bonds. The second kappa shape index (κ2) is 9.24. The topological polar surface area (TPSA) is 77.4 Å². The molecule has 4 rings (SSSR count). The van der Waals surface area contributed by atoms with Crippen molar-refractivity contribution in [2.45, 2.75) is 13.5 Å². The van der Waals surface area contributed by atoms with Gasteiger partial charge in [0.25, 0.3) is 5.56 Å². The monoisotopic (exact) mass is 478 g/mol. The van der Waals surface area contributed by atoms with Gasteiger partial charge in [0.2, 0.25) is 10.0 Å². The molecule has 34 heavy (non-hydrogen) atoms. The summed E-state index contributed by atoms with van der Waals surface area (Å²) in [5.74, 6) is -0.166. The van der Waals surface area contributed by atoms with Gasteiger partial charge in [-0.25, -0.2) is 17.5 Å². The summed E-state index contributed by atoms with van der Waals surface area (Å²) in [5, 5.41) is 1.99. The Morgan fingerprint density at radius 3 is 2.50 bits per heavy atom. The minimum absolute atomic E-state index is 0.0322. The van der Waals surface area contributed by atoms with Crippen LogP contribution in [-0.2, 0) is 23.6 Å². The predicted molar refractivity (Wildman–Crippen MR) is 132 cm³/mol. The average Bonchev–Trinajstić information content (AvgIpc) is 2.82. The smallest absolute Gasteiger partial charge is 0.258 e. The van der Waals surface area contributed by atoms with Crippen LogP contribution in [0.3, 0.4) is 0 Å². The molecular weight excluding hydrogens is 455 g/mol. The van der Waals surface area contributed by atoms with E-state index in [9.17, 15) is 17.6 Å². The molecule has 0 radical (unpaired) electrons. The largest absolute Gasteiger partial charge is 0.454 e. The van der Waals surface area contributed by atoms with E-state index >= 15 is 0 Å². The zero-order valence-corrected chi connectivity index (χ0v) is 19.5. The first-order chi connectivity index (χ1) is 16.2. The number of rotatable bonds is 7.